The number of fused-ring (bicyclic) bond motifs is 2. The summed E-state index contributed by atoms with van der Waals surface area (Å²) in [7, 11) is 0. The smallest absolute Gasteiger partial charge is 0.0139 e. The Hall–Kier alpha value is -0.860. The van der Waals surface area contributed by atoms with Crippen LogP contribution in [0.15, 0.2) is 24.3 Å². The molecule has 2 nitrogen and oxygen atoms in total. The van der Waals surface area contributed by atoms with Crippen molar-refractivity contribution < 1.29 is 0 Å². The molecule has 3 aliphatic rings. The Labute approximate surface area is 128 Å². The van der Waals surface area contributed by atoms with Crippen LogP contribution in [-0.2, 0) is 12.8 Å². The van der Waals surface area contributed by atoms with Crippen LogP contribution in [0.3, 0.4) is 0 Å². The lowest BCUT2D eigenvalue weighted by Gasteiger charge is -2.35. The molecule has 0 aromatic heterocycles. The molecule has 1 aliphatic heterocycles. The van der Waals surface area contributed by atoms with Crippen LogP contribution in [-0.4, -0.2) is 37.1 Å². The van der Waals surface area contributed by atoms with Gasteiger partial charge in [-0.1, -0.05) is 31.2 Å². The first kappa shape index (κ1) is 13.8. The summed E-state index contributed by atoms with van der Waals surface area (Å²) in [6.45, 7) is 7.54. The lowest BCUT2D eigenvalue weighted by Crippen LogP contribution is -2.42. The monoisotopic (exact) mass is 284 g/mol. The highest BCUT2D eigenvalue weighted by atomic mass is 15.2. The first-order chi connectivity index (χ1) is 10.4. The fraction of sp³-hybridized carbons (Fsp3) is 0.684. The summed E-state index contributed by atoms with van der Waals surface area (Å²) in [6, 6.07) is 9.87. The summed E-state index contributed by atoms with van der Waals surface area (Å²) in [4.78, 5) is 2.83. The van der Waals surface area contributed by atoms with Crippen molar-refractivity contribution in [3.05, 3.63) is 35.4 Å². The Balaban J connectivity index is 1.42. The lowest BCUT2D eigenvalue weighted by molar-refractivity contribution is 0.166. The average molecular weight is 284 g/mol. The molecular formula is C19H28N2. The van der Waals surface area contributed by atoms with Crippen molar-refractivity contribution in [1.29, 1.82) is 0 Å². The Morgan fingerprint density at radius 3 is 2.67 bits per heavy atom. The van der Waals surface area contributed by atoms with Gasteiger partial charge in [-0.2, -0.15) is 0 Å². The summed E-state index contributed by atoms with van der Waals surface area (Å²) in [5, 5.41) is 3.53. The Kier molecular flexibility index (Phi) is 3.76. The van der Waals surface area contributed by atoms with Crippen LogP contribution >= 0.6 is 0 Å². The van der Waals surface area contributed by atoms with Gasteiger partial charge in [-0.15, -0.1) is 0 Å². The van der Waals surface area contributed by atoms with Crippen LogP contribution in [0.4, 0.5) is 0 Å². The highest BCUT2D eigenvalue weighted by Gasteiger charge is 2.53. The minimum absolute atomic E-state index is 0.786. The van der Waals surface area contributed by atoms with E-state index >= 15 is 0 Å². The third-order valence-electron chi connectivity index (χ3n) is 6.06. The van der Waals surface area contributed by atoms with Crippen molar-refractivity contribution in [2.45, 2.75) is 38.6 Å². The number of nitrogens with zero attached hydrogens (tertiary/aromatic N) is 1. The average Bonchev–Trinajstić information content (AvgIpc) is 2.95. The van der Waals surface area contributed by atoms with Gasteiger partial charge in [0.05, 0.1) is 0 Å². The number of hydrogen-bond acceptors (Lipinski definition) is 2. The Morgan fingerprint density at radius 1 is 1.14 bits per heavy atom. The summed E-state index contributed by atoms with van der Waals surface area (Å²) in [6.07, 6.45) is 5.20. The largest absolute Gasteiger partial charge is 0.316 e. The van der Waals surface area contributed by atoms with E-state index in [0.717, 1.165) is 23.8 Å². The predicted molar refractivity (Wildman–Crippen MR) is 87.5 cm³/mol. The van der Waals surface area contributed by atoms with E-state index in [-0.39, 0.29) is 0 Å². The van der Waals surface area contributed by atoms with Gasteiger partial charge in [0, 0.05) is 12.6 Å². The second kappa shape index (κ2) is 5.73. The fourth-order valence-corrected chi connectivity index (χ4v) is 4.79. The maximum absolute atomic E-state index is 3.53. The molecule has 4 rings (SSSR count). The zero-order valence-electron chi connectivity index (χ0n) is 13.2. The number of nitrogens with one attached hydrogen (secondary N) is 1. The maximum Gasteiger partial charge on any atom is 0.0139 e. The van der Waals surface area contributed by atoms with Crippen molar-refractivity contribution in [3.63, 3.8) is 0 Å². The standard InChI is InChI=1S/C19H28N2/c1-2-9-21(13-19-17-11-20-12-18(17)19)16-8-7-14-5-3-4-6-15(14)10-16/h3-6,16-20H,2,7-13H2,1H3/t16?,17-,18?,19+/m1/s1. The van der Waals surface area contributed by atoms with E-state index in [0.29, 0.717) is 0 Å². The number of piperidine rings is 1. The van der Waals surface area contributed by atoms with Gasteiger partial charge in [0.1, 0.15) is 0 Å². The topological polar surface area (TPSA) is 15.3 Å². The molecule has 1 N–H and O–H groups in total. The van der Waals surface area contributed by atoms with Gasteiger partial charge in [-0.05, 0) is 74.2 Å². The molecule has 2 unspecified atom stereocenters. The summed E-state index contributed by atoms with van der Waals surface area (Å²) in [5.74, 6) is 3.00. The number of rotatable bonds is 5. The molecule has 1 aromatic rings. The van der Waals surface area contributed by atoms with E-state index in [1.165, 1.54) is 51.9 Å². The molecule has 0 radical (unpaired) electrons. The molecule has 1 aromatic carbocycles. The van der Waals surface area contributed by atoms with Crippen molar-refractivity contribution in [2.24, 2.45) is 17.8 Å². The normalized spacial score (nSPS) is 33.8. The lowest BCUT2D eigenvalue weighted by atomic mass is 9.87. The Morgan fingerprint density at radius 2 is 1.90 bits per heavy atom. The Bertz CT molecular complexity index is 488. The molecule has 2 aliphatic carbocycles. The minimum Gasteiger partial charge on any atom is -0.316 e. The van der Waals surface area contributed by atoms with E-state index < -0.39 is 0 Å². The van der Waals surface area contributed by atoms with Crippen LogP contribution < -0.4 is 5.32 Å². The molecule has 1 saturated carbocycles. The molecule has 0 amide bonds. The second-order valence-corrected chi connectivity index (χ2v) is 7.31. The highest BCUT2D eigenvalue weighted by molar-refractivity contribution is 5.30. The third kappa shape index (κ3) is 2.64. The van der Waals surface area contributed by atoms with Crippen molar-refractivity contribution in [2.75, 3.05) is 26.2 Å². The molecule has 4 atom stereocenters. The summed E-state index contributed by atoms with van der Waals surface area (Å²) in [5.41, 5.74) is 3.20. The summed E-state index contributed by atoms with van der Waals surface area (Å²) >= 11 is 0. The SMILES string of the molecule is CCCN(C[C@@H]1C2CNC[C@H]21)C1CCc2ccccc2C1. The molecule has 0 bridgehead atoms. The van der Waals surface area contributed by atoms with Crippen LogP contribution in [0.25, 0.3) is 0 Å². The van der Waals surface area contributed by atoms with Crippen LogP contribution in [0.5, 0.6) is 0 Å². The van der Waals surface area contributed by atoms with Gasteiger partial charge < -0.3 is 5.32 Å². The molecule has 21 heavy (non-hydrogen) atoms. The van der Waals surface area contributed by atoms with Crippen LogP contribution in [0, 0.1) is 17.8 Å². The molecule has 1 saturated heterocycles. The van der Waals surface area contributed by atoms with Gasteiger partial charge in [0.25, 0.3) is 0 Å². The van der Waals surface area contributed by atoms with E-state index in [1.807, 2.05) is 0 Å². The number of benzene rings is 1. The molecule has 0 spiro atoms. The fourth-order valence-electron chi connectivity index (χ4n) is 4.79. The zero-order chi connectivity index (χ0) is 14.2. The van der Waals surface area contributed by atoms with Crippen molar-refractivity contribution in [3.8, 4) is 0 Å². The van der Waals surface area contributed by atoms with Gasteiger partial charge in [-0.3, -0.25) is 4.90 Å². The molecule has 2 heteroatoms. The minimum atomic E-state index is 0.786. The van der Waals surface area contributed by atoms with Crippen molar-refractivity contribution >= 4 is 0 Å². The van der Waals surface area contributed by atoms with E-state index in [1.54, 1.807) is 11.1 Å². The third-order valence-corrected chi connectivity index (χ3v) is 6.06. The molecule has 1 heterocycles. The van der Waals surface area contributed by atoms with E-state index in [4.69, 9.17) is 0 Å². The maximum atomic E-state index is 3.53. The first-order valence-corrected chi connectivity index (χ1v) is 8.88. The van der Waals surface area contributed by atoms with Gasteiger partial charge >= 0.3 is 0 Å². The van der Waals surface area contributed by atoms with Crippen LogP contribution in [0.1, 0.15) is 30.9 Å². The van der Waals surface area contributed by atoms with E-state index in [9.17, 15) is 0 Å². The molecule has 114 valence electrons. The van der Waals surface area contributed by atoms with Gasteiger partial charge in [0.15, 0.2) is 0 Å². The predicted octanol–water partition coefficient (Wildman–Crippen LogP) is 2.72. The molecular weight excluding hydrogens is 256 g/mol. The number of hydrogen-bond donors (Lipinski definition) is 1. The zero-order valence-corrected chi connectivity index (χ0v) is 13.2. The highest BCUT2D eigenvalue weighted by Crippen LogP contribution is 2.49. The quantitative estimate of drug-likeness (QED) is 0.894. The molecule has 2 fully saturated rings. The van der Waals surface area contributed by atoms with E-state index in [2.05, 4.69) is 41.4 Å². The number of aryl methyl sites for hydroxylation is 1. The van der Waals surface area contributed by atoms with Gasteiger partial charge in [-0.25, -0.2) is 0 Å². The summed E-state index contributed by atoms with van der Waals surface area (Å²) < 4.78 is 0. The van der Waals surface area contributed by atoms with Gasteiger partial charge in [0.2, 0.25) is 0 Å². The second-order valence-electron chi connectivity index (χ2n) is 7.31. The first-order valence-electron chi connectivity index (χ1n) is 8.88. The van der Waals surface area contributed by atoms with Crippen LogP contribution in [0.2, 0.25) is 0 Å². The van der Waals surface area contributed by atoms with Crippen molar-refractivity contribution in [1.82, 2.24) is 10.2 Å².